The number of aryl methyl sites for hydroxylation is 1. The number of nitrogens with zero attached hydrogens (tertiary/aromatic N) is 1. The van der Waals surface area contributed by atoms with Crippen LogP contribution in [0.1, 0.15) is 29.3 Å². The molecule has 1 aliphatic rings. The van der Waals surface area contributed by atoms with Crippen LogP contribution in [0, 0.1) is 6.92 Å². The normalized spacial score (nSPS) is 20.4. The molecule has 2 atom stereocenters. The molecule has 0 aliphatic carbocycles. The molecule has 0 saturated carbocycles. The quantitative estimate of drug-likeness (QED) is 0.805. The number of ether oxygens (including phenoxy) is 1. The molecule has 1 amide bonds. The Balaban J connectivity index is 2.02. The third-order valence-electron chi connectivity index (χ3n) is 4.11. The number of benzene rings is 1. The van der Waals surface area contributed by atoms with Crippen molar-refractivity contribution in [3.8, 4) is 5.75 Å². The van der Waals surface area contributed by atoms with E-state index in [9.17, 15) is 23.1 Å². The van der Waals surface area contributed by atoms with E-state index in [1.807, 2.05) is 0 Å². The van der Waals surface area contributed by atoms with Crippen LogP contribution in [0.25, 0.3) is 0 Å². The molecule has 8 heteroatoms. The Kier molecular flexibility index (Phi) is 5.17. The van der Waals surface area contributed by atoms with Crippen molar-refractivity contribution in [2.75, 3.05) is 18.6 Å². The highest BCUT2D eigenvalue weighted by atomic mass is 32.2. The minimum atomic E-state index is -3.11. The number of likely N-dealkylation sites (N-methyl/N-ethyl adjacent to an activating group) is 1. The van der Waals surface area contributed by atoms with Crippen molar-refractivity contribution in [1.82, 2.24) is 4.90 Å². The van der Waals surface area contributed by atoms with E-state index in [0.29, 0.717) is 6.42 Å². The molecular formula is C16H21NO6S. The molecule has 1 heterocycles. The van der Waals surface area contributed by atoms with E-state index in [2.05, 4.69) is 0 Å². The van der Waals surface area contributed by atoms with Gasteiger partial charge in [0.25, 0.3) is 5.91 Å². The van der Waals surface area contributed by atoms with Gasteiger partial charge >= 0.3 is 5.97 Å². The minimum Gasteiger partial charge on any atom is -0.507 e. The summed E-state index contributed by atoms with van der Waals surface area (Å²) in [7, 11) is -1.61. The standard InChI is InChI=1S/C16H21NO6S/c1-10-4-5-13(14(18)8-10)16(20)23-11(2)15(19)17(3)12-6-7-24(21,22)9-12/h4-5,8,11-12,18H,6-7,9H2,1-3H3/t11-,12-/m0/s1. The molecule has 0 aromatic heterocycles. The van der Waals surface area contributed by atoms with Crippen LogP contribution in [-0.2, 0) is 19.4 Å². The van der Waals surface area contributed by atoms with Gasteiger partial charge in [-0.2, -0.15) is 0 Å². The molecular weight excluding hydrogens is 334 g/mol. The van der Waals surface area contributed by atoms with Crippen LogP contribution in [0.4, 0.5) is 0 Å². The Morgan fingerprint density at radius 1 is 1.38 bits per heavy atom. The lowest BCUT2D eigenvalue weighted by atomic mass is 10.1. The van der Waals surface area contributed by atoms with Crippen molar-refractivity contribution in [2.45, 2.75) is 32.4 Å². The van der Waals surface area contributed by atoms with E-state index in [0.717, 1.165) is 5.56 Å². The number of phenols is 1. The molecule has 0 unspecified atom stereocenters. The summed E-state index contributed by atoms with van der Waals surface area (Å²) in [5, 5.41) is 9.79. The van der Waals surface area contributed by atoms with Gasteiger partial charge in [0, 0.05) is 13.1 Å². The van der Waals surface area contributed by atoms with Crippen molar-refractivity contribution >= 4 is 21.7 Å². The number of hydrogen-bond acceptors (Lipinski definition) is 6. The lowest BCUT2D eigenvalue weighted by Gasteiger charge is -2.26. The first-order chi connectivity index (χ1) is 11.1. The van der Waals surface area contributed by atoms with Crippen molar-refractivity contribution in [3.05, 3.63) is 29.3 Å². The van der Waals surface area contributed by atoms with Gasteiger partial charge in [0.05, 0.1) is 11.5 Å². The van der Waals surface area contributed by atoms with Crippen LogP contribution in [0.3, 0.4) is 0 Å². The van der Waals surface area contributed by atoms with E-state index >= 15 is 0 Å². The molecule has 0 bridgehead atoms. The van der Waals surface area contributed by atoms with E-state index in [1.165, 1.54) is 31.0 Å². The van der Waals surface area contributed by atoms with Gasteiger partial charge in [0.1, 0.15) is 11.3 Å². The number of carbonyl (C=O) groups excluding carboxylic acids is 2. The number of hydrogen-bond donors (Lipinski definition) is 1. The molecule has 2 rings (SSSR count). The van der Waals surface area contributed by atoms with E-state index in [1.54, 1.807) is 13.0 Å². The first kappa shape index (κ1) is 18.3. The second-order valence-electron chi connectivity index (χ2n) is 6.07. The molecule has 7 nitrogen and oxygen atoms in total. The summed E-state index contributed by atoms with van der Waals surface area (Å²) in [5.41, 5.74) is 0.765. The van der Waals surface area contributed by atoms with Crippen LogP contribution >= 0.6 is 0 Å². The van der Waals surface area contributed by atoms with E-state index < -0.39 is 33.9 Å². The summed E-state index contributed by atoms with van der Waals surface area (Å²) in [6.45, 7) is 3.19. The van der Waals surface area contributed by atoms with Gasteiger partial charge in [0.15, 0.2) is 15.9 Å². The van der Waals surface area contributed by atoms with Crippen molar-refractivity contribution in [3.63, 3.8) is 0 Å². The van der Waals surface area contributed by atoms with Crippen LogP contribution in [0.2, 0.25) is 0 Å². The van der Waals surface area contributed by atoms with Gasteiger partial charge in [0.2, 0.25) is 0 Å². The molecule has 0 radical (unpaired) electrons. The van der Waals surface area contributed by atoms with E-state index in [4.69, 9.17) is 4.74 Å². The third kappa shape index (κ3) is 4.05. The number of sulfone groups is 1. The van der Waals surface area contributed by atoms with E-state index in [-0.39, 0.29) is 22.8 Å². The fourth-order valence-electron chi connectivity index (χ4n) is 2.64. The fraction of sp³-hybridized carbons (Fsp3) is 0.500. The molecule has 132 valence electrons. The zero-order valence-corrected chi connectivity index (χ0v) is 14.7. The molecule has 1 saturated heterocycles. The van der Waals surface area contributed by atoms with Crippen molar-refractivity contribution in [2.24, 2.45) is 0 Å². The average Bonchev–Trinajstić information content (AvgIpc) is 2.85. The lowest BCUT2D eigenvalue weighted by Crippen LogP contribution is -2.44. The number of phenolic OH excluding ortho intramolecular Hbond substituents is 1. The summed E-state index contributed by atoms with van der Waals surface area (Å²) in [6, 6.07) is 4.10. The first-order valence-electron chi connectivity index (χ1n) is 7.58. The van der Waals surface area contributed by atoms with Crippen LogP contribution < -0.4 is 0 Å². The Hall–Kier alpha value is -2.09. The number of rotatable bonds is 4. The zero-order chi connectivity index (χ0) is 18.1. The maximum absolute atomic E-state index is 12.3. The highest BCUT2D eigenvalue weighted by Crippen LogP contribution is 2.21. The smallest absolute Gasteiger partial charge is 0.342 e. The molecule has 1 aromatic rings. The number of esters is 1. The van der Waals surface area contributed by atoms with Gasteiger partial charge in [-0.1, -0.05) is 6.07 Å². The maximum Gasteiger partial charge on any atom is 0.342 e. The van der Waals surface area contributed by atoms with Crippen LogP contribution in [-0.4, -0.2) is 61.0 Å². The topological polar surface area (TPSA) is 101 Å². The summed E-state index contributed by atoms with van der Waals surface area (Å²) in [6.07, 6.45) is -0.698. The first-order valence-corrected chi connectivity index (χ1v) is 9.40. The van der Waals surface area contributed by atoms with Gasteiger partial charge in [-0.25, -0.2) is 13.2 Å². The second-order valence-corrected chi connectivity index (χ2v) is 8.30. The summed E-state index contributed by atoms with van der Waals surface area (Å²) < 4.78 is 28.1. The maximum atomic E-state index is 12.3. The Morgan fingerprint density at radius 2 is 2.04 bits per heavy atom. The minimum absolute atomic E-state index is 0.0219. The van der Waals surface area contributed by atoms with Crippen LogP contribution in [0.5, 0.6) is 5.75 Å². The Bertz CT molecular complexity index is 758. The number of amides is 1. The molecule has 1 fully saturated rings. The highest BCUT2D eigenvalue weighted by Gasteiger charge is 2.35. The number of aromatic hydroxyl groups is 1. The monoisotopic (exact) mass is 355 g/mol. The zero-order valence-electron chi connectivity index (χ0n) is 13.9. The molecule has 1 aliphatic heterocycles. The molecule has 1 N–H and O–H groups in total. The highest BCUT2D eigenvalue weighted by molar-refractivity contribution is 7.91. The van der Waals surface area contributed by atoms with Gasteiger partial charge < -0.3 is 14.7 Å². The fourth-order valence-corrected chi connectivity index (χ4v) is 4.41. The number of carbonyl (C=O) groups is 2. The summed E-state index contributed by atoms with van der Waals surface area (Å²) >= 11 is 0. The van der Waals surface area contributed by atoms with Crippen LogP contribution in [0.15, 0.2) is 18.2 Å². The third-order valence-corrected chi connectivity index (χ3v) is 5.86. The van der Waals surface area contributed by atoms with Crippen molar-refractivity contribution < 1.29 is 27.9 Å². The second kappa shape index (κ2) is 6.80. The van der Waals surface area contributed by atoms with Gasteiger partial charge in [-0.15, -0.1) is 0 Å². The summed E-state index contributed by atoms with van der Waals surface area (Å²) in [4.78, 5) is 25.7. The lowest BCUT2D eigenvalue weighted by molar-refractivity contribution is -0.140. The predicted molar refractivity (Wildman–Crippen MR) is 87.6 cm³/mol. The average molecular weight is 355 g/mol. The molecule has 24 heavy (non-hydrogen) atoms. The van der Waals surface area contributed by atoms with Crippen molar-refractivity contribution in [1.29, 1.82) is 0 Å². The summed E-state index contributed by atoms with van der Waals surface area (Å²) in [5.74, 6) is -1.51. The largest absolute Gasteiger partial charge is 0.507 e. The SMILES string of the molecule is Cc1ccc(C(=O)O[C@@H](C)C(=O)N(C)[C@H]2CCS(=O)(=O)C2)c(O)c1. The predicted octanol–water partition coefficient (Wildman–Crippen LogP) is 0.891. The van der Waals surface area contributed by atoms with Gasteiger partial charge in [-0.05, 0) is 38.0 Å². The molecule has 1 aromatic carbocycles. The Morgan fingerprint density at radius 3 is 2.58 bits per heavy atom. The Labute approximate surface area is 141 Å². The molecule has 0 spiro atoms. The van der Waals surface area contributed by atoms with Gasteiger partial charge in [-0.3, -0.25) is 4.79 Å².